The molecule has 2 aromatic carbocycles. The summed E-state index contributed by atoms with van der Waals surface area (Å²) < 4.78 is 52.3. The molecule has 0 atom stereocenters. The van der Waals surface area contributed by atoms with Crippen molar-refractivity contribution in [2.45, 2.75) is 19.3 Å². The second-order valence-electron chi connectivity index (χ2n) is 7.12. The van der Waals surface area contributed by atoms with Gasteiger partial charge in [0, 0.05) is 5.56 Å². The van der Waals surface area contributed by atoms with Gasteiger partial charge < -0.3 is 13.8 Å². The van der Waals surface area contributed by atoms with E-state index in [1.807, 2.05) is 54.6 Å². The Morgan fingerprint density at radius 2 is 1.78 bits per heavy atom. The Hall–Kier alpha value is -3.59. The Kier molecular flexibility index (Phi) is 5.18. The minimum absolute atomic E-state index is 0.0455. The van der Waals surface area contributed by atoms with Gasteiger partial charge in [-0.2, -0.15) is 18.2 Å². The number of hydrogen-bond acceptors (Lipinski definition) is 5. The molecule has 0 N–H and O–H groups in total. The van der Waals surface area contributed by atoms with E-state index in [0.717, 1.165) is 20.6 Å². The van der Waals surface area contributed by atoms with E-state index in [9.17, 15) is 13.2 Å². The lowest BCUT2D eigenvalue weighted by molar-refractivity contribution is -0.139. The van der Waals surface area contributed by atoms with Crippen LogP contribution in [0.3, 0.4) is 0 Å². The molecule has 0 bridgehead atoms. The molecular weight excluding hydrogens is 439 g/mol. The number of halogens is 3. The van der Waals surface area contributed by atoms with Gasteiger partial charge in [-0.05, 0) is 35.2 Å². The predicted molar refractivity (Wildman–Crippen MR) is 115 cm³/mol. The molecule has 3 heterocycles. The fraction of sp³-hybridized carbons (Fsp3) is 0.130. The molecule has 0 saturated carbocycles. The topological polar surface area (TPSA) is 53.1 Å². The second kappa shape index (κ2) is 8.16. The molecule has 0 radical (unpaired) electrons. The molecule has 5 rings (SSSR count). The molecule has 0 fully saturated rings. The Labute approximate surface area is 184 Å². The summed E-state index contributed by atoms with van der Waals surface area (Å²) in [6.45, 7) is -0.722. The van der Waals surface area contributed by atoms with E-state index in [2.05, 4.69) is 10.1 Å². The standard InChI is InChI=1S/C23H16F3N3O2S/c24-23(25,26)14-29-18-10-11-32-20(18)12-19(29)22-27-21(28-31-22)16-8-6-15(7-9-16)13-30-17-4-2-1-3-5-17/h1-12H,13-14H2. The third-order valence-electron chi connectivity index (χ3n) is 4.87. The van der Waals surface area contributed by atoms with Gasteiger partial charge in [0.05, 0.1) is 10.2 Å². The number of para-hydroxylation sites is 1. The van der Waals surface area contributed by atoms with Crippen molar-refractivity contribution in [1.29, 1.82) is 0 Å². The monoisotopic (exact) mass is 455 g/mol. The normalized spacial score (nSPS) is 11.8. The lowest BCUT2D eigenvalue weighted by Crippen LogP contribution is -2.18. The maximum Gasteiger partial charge on any atom is 0.406 e. The molecular formula is C23H16F3N3O2S. The Bertz CT molecular complexity index is 1340. The summed E-state index contributed by atoms with van der Waals surface area (Å²) in [5.74, 6) is 1.13. The first kappa shape index (κ1) is 20.3. The van der Waals surface area contributed by atoms with E-state index in [-0.39, 0.29) is 11.6 Å². The van der Waals surface area contributed by atoms with Gasteiger partial charge in [-0.1, -0.05) is 47.6 Å². The minimum atomic E-state index is -4.37. The van der Waals surface area contributed by atoms with E-state index in [4.69, 9.17) is 9.26 Å². The third kappa shape index (κ3) is 4.24. The Morgan fingerprint density at radius 1 is 1.00 bits per heavy atom. The second-order valence-corrected chi connectivity index (χ2v) is 8.07. The van der Waals surface area contributed by atoms with Gasteiger partial charge in [-0.25, -0.2) is 0 Å². The molecule has 5 aromatic rings. The van der Waals surface area contributed by atoms with Crippen LogP contribution in [0, 0.1) is 0 Å². The number of thiophene rings is 1. The molecule has 3 aromatic heterocycles. The van der Waals surface area contributed by atoms with Crippen LogP contribution in [0.5, 0.6) is 5.75 Å². The maximum atomic E-state index is 13.1. The summed E-state index contributed by atoms with van der Waals surface area (Å²) in [5, 5.41) is 5.72. The van der Waals surface area contributed by atoms with Gasteiger partial charge in [0.2, 0.25) is 5.82 Å². The van der Waals surface area contributed by atoms with Gasteiger partial charge in [-0.3, -0.25) is 0 Å². The van der Waals surface area contributed by atoms with Crippen molar-refractivity contribution in [2.24, 2.45) is 0 Å². The van der Waals surface area contributed by atoms with Crippen LogP contribution in [0.4, 0.5) is 13.2 Å². The molecule has 0 amide bonds. The average Bonchev–Trinajstić information content (AvgIpc) is 3.50. The number of nitrogens with zero attached hydrogens (tertiary/aromatic N) is 3. The van der Waals surface area contributed by atoms with Crippen molar-refractivity contribution < 1.29 is 22.4 Å². The maximum absolute atomic E-state index is 13.1. The number of rotatable bonds is 6. The fourth-order valence-electron chi connectivity index (χ4n) is 3.38. The summed E-state index contributed by atoms with van der Waals surface area (Å²) in [5.41, 5.74) is 2.39. The third-order valence-corrected chi connectivity index (χ3v) is 5.72. The predicted octanol–water partition coefficient (Wildman–Crippen LogP) is 6.56. The van der Waals surface area contributed by atoms with Crippen LogP contribution in [0.1, 0.15) is 5.56 Å². The summed E-state index contributed by atoms with van der Waals surface area (Å²) in [6.07, 6.45) is -4.37. The molecule has 0 unspecified atom stereocenters. The molecule has 9 heteroatoms. The first-order valence-electron chi connectivity index (χ1n) is 9.71. The van der Waals surface area contributed by atoms with Gasteiger partial charge in [0.1, 0.15) is 24.6 Å². The summed E-state index contributed by atoms with van der Waals surface area (Å²) in [7, 11) is 0. The summed E-state index contributed by atoms with van der Waals surface area (Å²) in [4.78, 5) is 4.35. The molecule has 0 saturated heterocycles. The van der Waals surface area contributed by atoms with Crippen LogP contribution in [0.2, 0.25) is 0 Å². The quantitative estimate of drug-likeness (QED) is 0.291. The molecule has 0 aliphatic rings. The van der Waals surface area contributed by atoms with Crippen molar-refractivity contribution in [2.75, 3.05) is 0 Å². The zero-order valence-electron chi connectivity index (χ0n) is 16.5. The zero-order chi connectivity index (χ0) is 22.1. The van der Waals surface area contributed by atoms with Gasteiger partial charge >= 0.3 is 6.18 Å². The number of aromatic nitrogens is 3. The minimum Gasteiger partial charge on any atom is -0.489 e. The lowest BCUT2D eigenvalue weighted by atomic mass is 10.1. The molecule has 32 heavy (non-hydrogen) atoms. The molecule has 0 aliphatic carbocycles. The van der Waals surface area contributed by atoms with Crippen molar-refractivity contribution in [1.82, 2.24) is 14.7 Å². The number of ether oxygens (including phenoxy) is 1. The molecule has 0 aliphatic heterocycles. The Morgan fingerprint density at radius 3 is 2.53 bits per heavy atom. The highest BCUT2D eigenvalue weighted by atomic mass is 32.1. The Balaban J connectivity index is 1.37. The van der Waals surface area contributed by atoms with E-state index in [1.54, 1.807) is 17.5 Å². The van der Waals surface area contributed by atoms with Crippen LogP contribution in [-0.2, 0) is 13.2 Å². The largest absolute Gasteiger partial charge is 0.489 e. The summed E-state index contributed by atoms with van der Waals surface area (Å²) >= 11 is 1.36. The fourth-order valence-corrected chi connectivity index (χ4v) is 4.20. The number of benzene rings is 2. The van der Waals surface area contributed by atoms with Crippen molar-refractivity contribution >= 4 is 21.6 Å². The number of alkyl halides is 3. The SMILES string of the molecule is FC(F)(F)Cn1c(-c2nc(-c3ccc(COc4ccccc4)cc3)no2)cc2sccc21. The highest BCUT2D eigenvalue weighted by Gasteiger charge is 2.31. The molecule has 0 spiro atoms. The van der Waals surface area contributed by atoms with Gasteiger partial charge in [0.15, 0.2) is 0 Å². The van der Waals surface area contributed by atoms with Crippen LogP contribution >= 0.6 is 11.3 Å². The highest BCUT2D eigenvalue weighted by Crippen LogP contribution is 2.34. The molecule has 162 valence electrons. The van der Waals surface area contributed by atoms with Gasteiger partial charge in [0.25, 0.3) is 5.89 Å². The average molecular weight is 455 g/mol. The smallest absolute Gasteiger partial charge is 0.406 e. The van der Waals surface area contributed by atoms with E-state index < -0.39 is 12.7 Å². The van der Waals surface area contributed by atoms with E-state index >= 15 is 0 Å². The van der Waals surface area contributed by atoms with Crippen LogP contribution in [0.15, 0.2) is 76.6 Å². The van der Waals surface area contributed by atoms with E-state index in [1.165, 1.54) is 11.3 Å². The number of hydrogen-bond donors (Lipinski definition) is 0. The number of fused-ring (bicyclic) bond motifs is 1. The van der Waals surface area contributed by atoms with Crippen LogP contribution < -0.4 is 4.74 Å². The van der Waals surface area contributed by atoms with Crippen LogP contribution in [-0.4, -0.2) is 20.9 Å². The van der Waals surface area contributed by atoms with E-state index in [0.29, 0.717) is 23.5 Å². The van der Waals surface area contributed by atoms with Crippen molar-refractivity contribution in [3.63, 3.8) is 0 Å². The summed E-state index contributed by atoms with van der Waals surface area (Å²) in [6, 6.07) is 20.2. The zero-order valence-corrected chi connectivity index (χ0v) is 17.4. The van der Waals surface area contributed by atoms with Crippen molar-refractivity contribution in [3.8, 4) is 28.7 Å². The first-order valence-corrected chi connectivity index (χ1v) is 10.6. The van der Waals surface area contributed by atoms with Gasteiger partial charge in [-0.15, -0.1) is 11.3 Å². The molecule has 5 nitrogen and oxygen atoms in total. The lowest BCUT2D eigenvalue weighted by Gasteiger charge is -2.10. The first-order chi connectivity index (χ1) is 15.5. The van der Waals surface area contributed by atoms with Crippen molar-refractivity contribution in [3.05, 3.63) is 77.7 Å². The van der Waals surface area contributed by atoms with Crippen LogP contribution in [0.25, 0.3) is 33.2 Å². The highest BCUT2D eigenvalue weighted by molar-refractivity contribution is 7.17.